The first-order valence-corrected chi connectivity index (χ1v) is 21.5. The quantitative estimate of drug-likeness (QED) is 0.222. The first-order valence-electron chi connectivity index (χ1n) is 21.5. The summed E-state index contributed by atoms with van der Waals surface area (Å²) >= 11 is 0. The number of imide groups is 2. The Bertz CT molecular complexity index is 2360. The Labute approximate surface area is 346 Å². The standard InChI is InChI=1S/C46H49F2N7O5/c1-25-18-33-32-4-2-3-5-37(32)50-41(33)42(54(25)24-39(47)48)28-10-11-36(49-21-28)26-6-8-27(9-7-26)44(58)52-16-14-31(15-17-52)53-22-29-19-34-35(20-30(29)23-53)46(60)55(45(34)59)38-12-13-40(56)51-43(38)57/h2-5,10-11,19-21,25-27,31,38-39,42,50H,6-9,12-18,22-24H2,1H3,(H,51,56,57)/t25-,26?,27?,38?,42-/m1/s1. The molecule has 0 radical (unpaired) electrons. The molecule has 1 aliphatic carbocycles. The number of nitrogens with one attached hydrogen (secondary N) is 2. The van der Waals surface area contributed by atoms with Crippen LogP contribution in [0.3, 0.4) is 0 Å². The molecular formula is C46H49F2N7O5. The van der Waals surface area contributed by atoms with Gasteiger partial charge in [-0.05, 0) is 105 Å². The van der Waals surface area contributed by atoms with Crippen LogP contribution in [0.1, 0.15) is 125 Å². The molecule has 1 saturated carbocycles. The number of halogens is 2. The summed E-state index contributed by atoms with van der Waals surface area (Å²) in [6.45, 7) is 4.40. The van der Waals surface area contributed by atoms with Crippen molar-refractivity contribution in [2.45, 2.75) is 114 Å². The van der Waals surface area contributed by atoms with Gasteiger partial charge in [0.15, 0.2) is 0 Å². The predicted molar refractivity (Wildman–Crippen MR) is 217 cm³/mol. The van der Waals surface area contributed by atoms with Crippen LogP contribution in [0.5, 0.6) is 0 Å². The van der Waals surface area contributed by atoms with E-state index in [-0.39, 0.29) is 55.3 Å². The van der Waals surface area contributed by atoms with Crippen LogP contribution >= 0.6 is 0 Å². The van der Waals surface area contributed by atoms with E-state index in [1.165, 1.54) is 5.56 Å². The zero-order valence-corrected chi connectivity index (χ0v) is 33.7. The zero-order valence-electron chi connectivity index (χ0n) is 33.7. The fourth-order valence-electron chi connectivity index (χ4n) is 11.1. The van der Waals surface area contributed by atoms with Gasteiger partial charge in [0.25, 0.3) is 18.2 Å². The number of fused-ring (bicyclic) bond motifs is 5. The van der Waals surface area contributed by atoms with Gasteiger partial charge in [0.1, 0.15) is 6.04 Å². The predicted octanol–water partition coefficient (Wildman–Crippen LogP) is 5.85. The smallest absolute Gasteiger partial charge is 0.262 e. The Balaban J connectivity index is 0.735. The number of H-pyrrole nitrogens is 1. The summed E-state index contributed by atoms with van der Waals surface area (Å²) in [5.74, 6) is -1.54. The van der Waals surface area contributed by atoms with Crippen molar-refractivity contribution in [3.63, 3.8) is 0 Å². The van der Waals surface area contributed by atoms with Crippen molar-refractivity contribution < 1.29 is 32.8 Å². The third-order valence-corrected chi connectivity index (χ3v) is 14.3. The first-order chi connectivity index (χ1) is 29.0. The fourth-order valence-corrected chi connectivity index (χ4v) is 11.1. The maximum Gasteiger partial charge on any atom is 0.262 e. The van der Waals surface area contributed by atoms with Crippen LogP contribution in [-0.2, 0) is 33.9 Å². The highest BCUT2D eigenvalue weighted by Crippen LogP contribution is 2.43. The van der Waals surface area contributed by atoms with E-state index >= 15 is 0 Å². The second-order valence-corrected chi connectivity index (χ2v) is 17.7. The van der Waals surface area contributed by atoms with Gasteiger partial charge in [-0.1, -0.05) is 24.3 Å². The van der Waals surface area contributed by atoms with Crippen molar-refractivity contribution in [3.8, 4) is 0 Å². The van der Waals surface area contributed by atoms with Crippen LogP contribution in [0.2, 0.25) is 0 Å². The molecule has 60 heavy (non-hydrogen) atoms. The van der Waals surface area contributed by atoms with Crippen LogP contribution < -0.4 is 5.32 Å². The van der Waals surface area contributed by atoms with Crippen molar-refractivity contribution >= 4 is 40.4 Å². The normalized spacial score (nSPS) is 26.5. The highest BCUT2D eigenvalue weighted by atomic mass is 19.3. The van der Waals surface area contributed by atoms with Gasteiger partial charge >= 0.3 is 0 Å². The number of amides is 5. The lowest BCUT2D eigenvalue weighted by Gasteiger charge is -2.40. The summed E-state index contributed by atoms with van der Waals surface area (Å²) in [5.41, 5.74) is 7.69. The van der Waals surface area contributed by atoms with E-state index in [0.717, 1.165) is 82.4 Å². The number of benzene rings is 2. The minimum Gasteiger partial charge on any atom is -0.357 e. The molecule has 7 heterocycles. The summed E-state index contributed by atoms with van der Waals surface area (Å²) < 4.78 is 27.8. The van der Waals surface area contributed by atoms with Crippen LogP contribution in [0.4, 0.5) is 8.78 Å². The highest BCUT2D eigenvalue weighted by molar-refractivity contribution is 6.23. The molecule has 2 saturated heterocycles. The highest BCUT2D eigenvalue weighted by Gasteiger charge is 2.46. The second-order valence-electron chi connectivity index (χ2n) is 17.7. The Morgan fingerprint density at radius 3 is 2.23 bits per heavy atom. The lowest BCUT2D eigenvalue weighted by Crippen LogP contribution is -2.54. The number of aromatic nitrogens is 2. The molecule has 0 spiro atoms. The van der Waals surface area contributed by atoms with E-state index in [1.54, 1.807) is 12.1 Å². The van der Waals surface area contributed by atoms with E-state index in [4.69, 9.17) is 4.98 Å². The number of para-hydroxylation sites is 1. The molecule has 14 heteroatoms. The van der Waals surface area contributed by atoms with Gasteiger partial charge in [-0.25, -0.2) is 8.78 Å². The van der Waals surface area contributed by atoms with Gasteiger partial charge in [0.05, 0.1) is 23.7 Å². The number of hydrogen-bond donors (Lipinski definition) is 2. The minimum absolute atomic E-state index is 0.0163. The summed E-state index contributed by atoms with van der Waals surface area (Å²) in [6.07, 6.45) is 5.38. The number of aromatic amines is 1. The second kappa shape index (κ2) is 15.3. The molecule has 2 N–H and O–H groups in total. The molecule has 2 aromatic heterocycles. The summed E-state index contributed by atoms with van der Waals surface area (Å²) in [7, 11) is 0. The molecule has 5 aliphatic heterocycles. The number of pyridine rings is 1. The lowest BCUT2D eigenvalue weighted by molar-refractivity contribution is -0.138. The van der Waals surface area contributed by atoms with Crippen molar-refractivity contribution in [2.24, 2.45) is 5.92 Å². The van der Waals surface area contributed by atoms with Gasteiger partial charge < -0.3 is 9.88 Å². The van der Waals surface area contributed by atoms with Gasteiger partial charge in [-0.15, -0.1) is 0 Å². The van der Waals surface area contributed by atoms with Gasteiger partial charge in [-0.2, -0.15) is 0 Å². The molecular weight excluding hydrogens is 769 g/mol. The minimum atomic E-state index is -2.45. The Kier molecular flexibility index (Phi) is 9.90. The monoisotopic (exact) mass is 817 g/mol. The molecule has 2 aromatic carbocycles. The van der Waals surface area contributed by atoms with Gasteiger partial charge in [0.2, 0.25) is 17.7 Å². The molecule has 12 nitrogen and oxygen atoms in total. The number of carbonyl (C=O) groups is 5. The summed E-state index contributed by atoms with van der Waals surface area (Å²) in [6, 6.07) is 14.7. The number of piperidine rings is 2. The maximum atomic E-state index is 13.9. The third kappa shape index (κ3) is 6.72. The van der Waals surface area contributed by atoms with E-state index in [9.17, 15) is 32.8 Å². The van der Waals surface area contributed by atoms with Crippen LogP contribution in [0.25, 0.3) is 10.9 Å². The molecule has 0 bridgehead atoms. The van der Waals surface area contributed by atoms with Crippen LogP contribution in [-0.4, -0.2) is 103 Å². The van der Waals surface area contributed by atoms with E-state index in [0.29, 0.717) is 43.7 Å². The molecule has 5 amide bonds. The van der Waals surface area contributed by atoms with E-state index < -0.39 is 36.1 Å². The van der Waals surface area contributed by atoms with Crippen LogP contribution in [0, 0.1) is 5.92 Å². The number of alkyl halides is 2. The molecule has 6 aliphatic rings. The van der Waals surface area contributed by atoms with E-state index in [2.05, 4.69) is 33.4 Å². The Morgan fingerprint density at radius 2 is 1.58 bits per heavy atom. The van der Waals surface area contributed by atoms with Crippen molar-refractivity contribution in [2.75, 3.05) is 19.6 Å². The molecule has 312 valence electrons. The topological polar surface area (TPSA) is 139 Å². The summed E-state index contributed by atoms with van der Waals surface area (Å²) in [4.78, 5) is 80.5. The molecule has 4 aromatic rings. The van der Waals surface area contributed by atoms with Crippen molar-refractivity contribution in [3.05, 3.63) is 99.5 Å². The summed E-state index contributed by atoms with van der Waals surface area (Å²) in [5, 5.41) is 3.39. The third-order valence-electron chi connectivity index (χ3n) is 14.3. The number of hydrogen-bond acceptors (Lipinski definition) is 8. The first kappa shape index (κ1) is 38.8. The van der Waals surface area contributed by atoms with E-state index in [1.807, 2.05) is 41.1 Å². The average Bonchev–Trinajstić information content (AvgIpc) is 3.91. The van der Waals surface area contributed by atoms with Crippen LogP contribution in [0.15, 0.2) is 54.7 Å². The maximum absolute atomic E-state index is 13.9. The fraction of sp³-hybridized carbons (Fsp3) is 0.478. The lowest BCUT2D eigenvalue weighted by atomic mass is 9.79. The molecule has 1 unspecified atom stereocenters. The average molecular weight is 818 g/mol. The Hall–Kier alpha value is -5.34. The number of carbonyl (C=O) groups excluding carboxylic acids is 5. The largest absolute Gasteiger partial charge is 0.357 e. The van der Waals surface area contributed by atoms with Crippen molar-refractivity contribution in [1.82, 2.24) is 34.9 Å². The SMILES string of the molecule is C[C@@H]1Cc2c([nH]c3ccccc23)[C@@H](c2ccc(C3CCC(C(=O)N4CCC(N5Cc6cc7c(cc6C5)C(=O)N(C5CCC(=O)NC5=O)C7=O)CC4)CC3)nc2)N1CC(F)F. The number of rotatable bonds is 7. The number of likely N-dealkylation sites (tertiary alicyclic amines) is 1. The zero-order chi connectivity index (χ0) is 41.4. The molecule has 3 atom stereocenters. The number of nitrogens with zero attached hydrogens (tertiary/aromatic N) is 5. The van der Waals surface area contributed by atoms with Crippen molar-refractivity contribution in [1.29, 1.82) is 0 Å². The van der Waals surface area contributed by atoms with Gasteiger partial charge in [-0.3, -0.25) is 49.0 Å². The Morgan fingerprint density at radius 1 is 0.883 bits per heavy atom. The van der Waals surface area contributed by atoms with Gasteiger partial charge in [0, 0.05) is 85.0 Å². The molecule has 3 fully saturated rings. The molecule has 10 rings (SSSR count).